The number of rotatable bonds is 3. The molecule has 1 fully saturated rings. The number of halogens is 3. The van der Waals surface area contributed by atoms with E-state index in [9.17, 15) is 18.0 Å². The Hall–Kier alpha value is -1.76. The van der Waals surface area contributed by atoms with E-state index in [1.807, 2.05) is 9.80 Å². The number of nitrogens with zero attached hydrogens (tertiary/aromatic N) is 2. The van der Waals surface area contributed by atoms with Crippen molar-refractivity contribution in [3.8, 4) is 0 Å². The van der Waals surface area contributed by atoms with Gasteiger partial charge >= 0.3 is 6.18 Å². The molecule has 2 N–H and O–H groups in total. The van der Waals surface area contributed by atoms with Gasteiger partial charge in [0.25, 0.3) is 0 Å². The normalized spacial score (nSPS) is 18.6. The molecule has 1 aliphatic rings. The molecule has 2 rings (SSSR count). The predicted octanol–water partition coefficient (Wildman–Crippen LogP) is 1.70. The van der Waals surface area contributed by atoms with Gasteiger partial charge in [0, 0.05) is 31.9 Å². The number of carbonyl (C=O) groups is 1. The first-order valence-corrected chi connectivity index (χ1v) is 6.74. The van der Waals surface area contributed by atoms with Gasteiger partial charge in [0.15, 0.2) is 0 Å². The van der Waals surface area contributed by atoms with Gasteiger partial charge in [-0.1, -0.05) is 6.07 Å². The number of alkyl halides is 3. The summed E-state index contributed by atoms with van der Waals surface area (Å²) < 4.78 is 38.1. The van der Waals surface area contributed by atoms with Crippen molar-refractivity contribution in [2.75, 3.05) is 31.1 Å². The highest BCUT2D eigenvalue weighted by Gasteiger charge is 2.31. The fourth-order valence-corrected chi connectivity index (χ4v) is 2.43. The molecule has 0 bridgehead atoms. The van der Waals surface area contributed by atoms with Crippen LogP contribution in [0.2, 0.25) is 0 Å². The fourth-order valence-electron chi connectivity index (χ4n) is 2.43. The minimum absolute atomic E-state index is 0.353. The Morgan fingerprint density at radius 1 is 1.24 bits per heavy atom. The number of primary amides is 1. The van der Waals surface area contributed by atoms with Crippen molar-refractivity contribution in [3.63, 3.8) is 0 Å². The highest BCUT2D eigenvalue weighted by atomic mass is 19.4. The molecule has 7 heteroatoms. The Morgan fingerprint density at radius 2 is 1.86 bits per heavy atom. The summed E-state index contributed by atoms with van der Waals surface area (Å²) in [6, 6.07) is 4.95. The molecule has 116 valence electrons. The number of hydrogen-bond donors (Lipinski definition) is 1. The highest BCUT2D eigenvalue weighted by Crippen LogP contribution is 2.31. The van der Waals surface area contributed by atoms with Gasteiger partial charge < -0.3 is 10.6 Å². The smallest absolute Gasteiger partial charge is 0.369 e. The average molecular weight is 301 g/mol. The second-order valence-electron chi connectivity index (χ2n) is 5.15. The van der Waals surface area contributed by atoms with Crippen LogP contribution < -0.4 is 10.6 Å². The molecule has 1 aromatic carbocycles. The van der Waals surface area contributed by atoms with Crippen molar-refractivity contribution in [1.82, 2.24) is 4.90 Å². The van der Waals surface area contributed by atoms with Gasteiger partial charge in [-0.2, -0.15) is 13.2 Å². The van der Waals surface area contributed by atoms with Crippen molar-refractivity contribution in [3.05, 3.63) is 29.8 Å². The summed E-state index contributed by atoms with van der Waals surface area (Å²) in [6.07, 6.45) is -4.34. The van der Waals surface area contributed by atoms with Gasteiger partial charge in [0.1, 0.15) is 0 Å². The Bertz CT molecular complexity index is 510. The molecule has 4 nitrogen and oxygen atoms in total. The standard InChI is InChI=1S/C14H18F3N3O/c1-10(13(18)21)19-5-7-20(8-6-19)12-4-2-3-11(9-12)14(15,16)17/h2-4,9-10H,5-8H2,1H3,(H2,18,21)/t10-/m1/s1. The molecule has 1 saturated heterocycles. The molecule has 0 unspecified atom stereocenters. The van der Waals surface area contributed by atoms with Crippen LogP contribution in [0.1, 0.15) is 12.5 Å². The van der Waals surface area contributed by atoms with Crippen LogP contribution in [0, 0.1) is 0 Å². The van der Waals surface area contributed by atoms with Gasteiger partial charge in [0.2, 0.25) is 5.91 Å². The zero-order valence-electron chi connectivity index (χ0n) is 11.7. The monoisotopic (exact) mass is 301 g/mol. The van der Waals surface area contributed by atoms with E-state index in [-0.39, 0.29) is 11.9 Å². The predicted molar refractivity (Wildman–Crippen MR) is 73.9 cm³/mol. The van der Waals surface area contributed by atoms with E-state index < -0.39 is 11.7 Å². The second-order valence-corrected chi connectivity index (χ2v) is 5.15. The van der Waals surface area contributed by atoms with Crippen LogP contribution in [0.4, 0.5) is 18.9 Å². The first-order valence-electron chi connectivity index (χ1n) is 6.74. The Labute approximate surface area is 121 Å². The summed E-state index contributed by atoms with van der Waals surface area (Å²) in [4.78, 5) is 15.0. The Kier molecular flexibility index (Phi) is 4.41. The molecular formula is C14H18F3N3O. The van der Waals surface area contributed by atoms with Crippen LogP contribution in [0.5, 0.6) is 0 Å². The third kappa shape index (κ3) is 3.66. The van der Waals surface area contributed by atoms with Gasteiger partial charge in [-0.3, -0.25) is 9.69 Å². The molecular weight excluding hydrogens is 283 g/mol. The number of amides is 1. The average Bonchev–Trinajstić information content (AvgIpc) is 2.46. The molecule has 21 heavy (non-hydrogen) atoms. The summed E-state index contributed by atoms with van der Waals surface area (Å²) in [5, 5.41) is 0. The SMILES string of the molecule is C[C@H](C(N)=O)N1CCN(c2cccc(C(F)(F)F)c2)CC1. The van der Waals surface area contributed by atoms with Crippen LogP contribution in [0.3, 0.4) is 0 Å². The van der Waals surface area contributed by atoms with E-state index >= 15 is 0 Å². The van der Waals surface area contributed by atoms with Crippen molar-refractivity contribution in [2.24, 2.45) is 5.73 Å². The molecule has 0 spiro atoms. The van der Waals surface area contributed by atoms with Crippen LogP contribution in [0.15, 0.2) is 24.3 Å². The summed E-state index contributed by atoms with van der Waals surface area (Å²) in [7, 11) is 0. The summed E-state index contributed by atoms with van der Waals surface area (Å²) >= 11 is 0. The topological polar surface area (TPSA) is 49.6 Å². The molecule has 0 radical (unpaired) electrons. The number of piperazine rings is 1. The maximum absolute atomic E-state index is 12.7. The van der Waals surface area contributed by atoms with Crippen LogP contribution >= 0.6 is 0 Å². The lowest BCUT2D eigenvalue weighted by Gasteiger charge is -2.38. The van der Waals surface area contributed by atoms with Crippen LogP contribution in [0.25, 0.3) is 0 Å². The van der Waals surface area contributed by atoms with E-state index in [0.717, 1.165) is 12.1 Å². The van der Waals surface area contributed by atoms with E-state index in [0.29, 0.717) is 31.9 Å². The van der Waals surface area contributed by atoms with Crippen molar-refractivity contribution in [2.45, 2.75) is 19.1 Å². The lowest BCUT2D eigenvalue weighted by molar-refractivity contribution is -0.137. The molecule has 0 aliphatic carbocycles. The Morgan fingerprint density at radius 3 is 2.38 bits per heavy atom. The minimum Gasteiger partial charge on any atom is -0.369 e. The third-order valence-electron chi connectivity index (χ3n) is 3.81. The number of nitrogens with two attached hydrogens (primary N) is 1. The second kappa shape index (κ2) is 5.93. The van der Waals surface area contributed by atoms with Gasteiger partial charge in [-0.05, 0) is 25.1 Å². The quantitative estimate of drug-likeness (QED) is 0.924. The largest absolute Gasteiger partial charge is 0.416 e. The lowest BCUT2D eigenvalue weighted by Crippen LogP contribution is -2.53. The summed E-state index contributed by atoms with van der Waals surface area (Å²) in [5.41, 5.74) is 5.17. The van der Waals surface area contributed by atoms with E-state index in [4.69, 9.17) is 5.73 Å². The molecule has 1 amide bonds. The highest BCUT2D eigenvalue weighted by molar-refractivity contribution is 5.79. The van der Waals surface area contributed by atoms with Crippen LogP contribution in [-0.4, -0.2) is 43.0 Å². The molecule has 1 aliphatic heterocycles. The number of hydrogen-bond acceptors (Lipinski definition) is 3. The number of benzene rings is 1. The maximum Gasteiger partial charge on any atom is 0.416 e. The van der Waals surface area contributed by atoms with Crippen molar-refractivity contribution in [1.29, 1.82) is 0 Å². The van der Waals surface area contributed by atoms with E-state index in [1.54, 1.807) is 13.0 Å². The maximum atomic E-state index is 12.7. The van der Waals surface area contributed by atoms with Gasteiger partial charge in [-0.25, -0.2) is 0 Å². The molecule has 0 aromatic heterocycles. The minimum atomic E-state index is -4.34. The lowest BCUT2D eigenvalue weighted by atomic mass is 10.1. The first kappa shape index (κ1) is 15.6. The number of carbonyl (C=O) groups excluding carboxylic acids is 1. The first-order chi connectivity index (χ1) is 9.79. The van der Waals surface area contributed by atoms with E-state index in [2.05, 4.69) is 0 Å². The zero-order chi connectivity index (χ0) is 15.6. The molecule has 1 atom stereocenters. The van der Waals surface area contributed by atoms with E-state index in [1.165, 1.54) is 6.07 Å². The molecule has 1 heterocycles. The number of anilines is 1. The zero-order valence-corrected chi connectivity index (χ0v) is 11.7. The molecule has 0 saturated carbocycles. The van der Waals surface area contributed by atoms with Gasteiger partial charge in [-0.15, -0.1) is 0 Å². The Balaban J connectivity index is 2.04. The van der Waals surface area contributed by atoms with Crippen LogP contribution in [-0.2, 0) is 11.0 Å². The summed E-state index contributed by atoms with van der Waals surface area (Å²) in [6.45, 7) is 4.07. The third-order valence-corrected chi connectivity index (χ3v) is 3.81. The molecule has 1 aromatic rings. The fraction of sp³-hybridized carbons (Fsp3) is 0.500. The summed E-state index contributed by atoms with van der Waals surface area (Å²) in [5.74, 6) is -0.387. The van der Waals surface area contributed by atoms with Crippen molar-refractivity contribution >= 4 is 11.6 Å². The van der Waals surface area contributed by atoms with Gasteiger partial charge in [0.05, 0.1) is 11.6 Å². The van der Waals surface area contributed by atoms with Crippen molar-refractivity contribution < 1.29 is 18.0 Å².